The van der Waals surface area contributed by atoms with Gasteiger partial charge in [0, 0.05) is 10.6 Å². The fraction of sp³-hybridized carbons (Fsp3) is 0.476. The SMILES string of the molecule is Cc1ccc(N2C(=O)[C@H]3[C@@H]4C=C[C@](CNC(=O)NC(C)(C)C)(O4)[C@@H]3C2=O)cc1Cl. The lowest BCUT2D eigenvalue weighted by atomic mass is 9.77. The van der Waals surface area contributed by atoms with Crippen molar-refractivity contribution in [1.82, 2.24) is 10.6 Å². The number of urea groups is 1. The van der Waals surface area contributed by atoms with E-state index in [4.69, 9.17) is 16.3 Å². The lowest BCUT2D eigenvalue weighted by Crippen LogP contribution is -2.53. The zero-order valence-corrected chi connectivity index (χ0v) is 17.5. The molecule has 2 N–H and O–H groups in total. The van der Waals surface area contributed by atoms with E-state index in [9.17, 15) is 14.4 Å². The zero-order valence-electron chi connectivity index (χ0n) is 16.8. The molecule has 0 radical (unpaired) electrons. The lowest BCUT2D eigenvalue weighted by Gasteiger charge is -2.30. The first-order chi connectivity index (χ1) is 13.5. The fourth-order valence-electron chi connectivity index (χ4n) is 4.28. The molecular weight excluding hydrogens is 394 g/mol. The topological polar surface area (TPSA) is 87.7 Å². The molecule has 3 aliphatic heterocycles. The standard InChI is InChI=1S/C21H24ClN3O4/c1-11-5-6-12(9-13(11)22)25-17(26)15-14-7-8-21(29-14,16(15)18(25)27)10-23-19(28)24-20(2,3)4/h5-9,14-16H,10H2,1-4H3,(H2,23,24,28)/t14-,15-,16-,21+/m0/s1. The maximum Gasteiger partial charge on any atom is 0.315 e. The van der Waals surface area contributed by atoms with Crippen LogP contribution in [0.5, 0.6) is 0 Å². The van der Waals surface area contributed by atoms with Gasteiger partial charge in [0.1, 0.15) is 5.60 Å². The van der Waals surface area contributed by atoms with E-state index in [1.54, 1.807) is 30.4 Å². The van der Waals surface area contributed by atoms with Crippen molar-refractivity contribution in [2.45, 2.75) is 44.9 Å². The number of anilines is 1. The summed E-state index contributed by atoms with van der Waals surface area (Å²) >= 11 is 6.20. The predicted octanol–water partition coefficient (Wildman–Crippen LogP) is 2.56. The van der Waals surface area contributed by atoms with Gasteiger partial charge in [-0.15, -0.1) is 0 Å². The zero-order chi connectivity index (χ0) is 21.1. The van der Waals surface area contributed by atoms with Crippen LogP contribution >= 0.6 is 11.6 Å². The van der Waals surface area contributed by atoms with Crippen LogP contribution in [0.25, 0.3) is 0 Å². The second-order valence-electron chi connectivity index (χ2n) is 8.90. The minimum Gasteiger partial charge on any atom is -0.360 e. The van der Waals surface area contributed by atoms with Gasteiger partial charge >= 0.3 is 6.03 Å². The summed E-state index contributed by atoms with van der Waals surface area (Å²) in [6.45, 7) is 7.59. The number of fused-ring (bicyclic) bond motifs is 5. The largest absolute Gasteiger partial charge is 0.360 e. The average molecular weight is 418 g/mol. The second-order valence-corrected chi connectivity index (χ2v) is 9.31. The van der Waals surface area contributed by atoms with Crippen LogP contribution in [-0.2, 0) is 14.3 Å². The third kappa shape index (κ3) is 3.22. The monoisotopic (exact) mass is 417 g/mol. The molecule has 2 bridgehead atoms. The highest BCUT2D eigenvalue weighted by Gasteiger charge is 2.67. The molecule has 154 valence electrons. The molecule has 7 nitrogen and oxygen atoms in total. The highest BCUT2D eigenvalue weighted by atomic mass is 35.5. The van der Waals surface area contributed by atoms with Crippen molar-refractivity contribution < 1.29 is 19.1 Å². The van der Waals surface area contributed by atoms with E-state index in [0.717, 1.165) is 5.56 Å². The van der Waals surface area contributed by atoms with E-state index in [2.05, 4.69) is 10.6 Å². The Kier molecular flexibility index (Phi) is 4.51. The first kappa shape index (κ1) is 19.9. The molecule has 0 saturated carbocycles. The van der Waals surface area contributed by atoms with Gasteiger partial charge in [0.25, 0.3) is 0 Å². The van der Waals surface area contributed by atoms with Gasteiger partial charge in [-0.3, -0.25) is 9.59 Å². The molecule has 1 aromatic carbocycles. The Labute approximate surface area is 174 Å². The first-order valence-electron chi connectivity index (χ1n) is 9.60. The number of ether oxygens (including phenoxy) is 1. The first-order valence-corrected chi connectivity index (χ1v) is 9.97. The molecule has 2 fully saturated rings. The van der Waals surface area contributed by atoms with Crippen molar-refractivity contribution in [3.63, 3.8) is 0 Å². The van der Waals surface area contributed by atoms with E-state index in [0.29, 0.717) is 10.7 Å². The quantitative estimate of drug-likeness (QED) is 0.584. The van der Waals surface area contributed by atoms with Crippen molar-refractivity contribution in [3.8, 4) is 0 Å². The van der Waals surface area contributed by atoms with E-state index < -0.39 is 29.1 Å². The number of amides is 4. The van der Waals surface area contributed by atoms with Crippen LogP contribution in [-0.4, -0.2) is 41.6 Å². The molecule has 2 saturated heterocycles. The minimum absolute atomic E-state index is 0.102. The van der Waals surface area contributed by atoms with Crippen molar-refractivity contribution >= 4 is 35.1 Å². The molecule has 29 heavy (non-hydrogen) atoms. The van der Waals surface area contributed by atoms with E-state index in [1.165, 1.54) is 4.90 Å². The number of hydrogen-bond donors (Lipinski definition) is 2. The van der Waals surface area contributed by atoms with E-state index in [-0.39, 0.29) is 24.4 Å². The van der Waals surface area contributed by atoms with Crippen LogP contribution in [0.3, 0.4) is 0 Å². The summed E-state index contributed by atoms with van der Waals surface area (Å²) in [7, 11) is 0. The summed E-state index contributed by atoms with van der Waals surface area (Å²) in [5.41, 5.74) is -0.0981. The number of halogens is 1. The van der Waals surface area contributed by atoms with E-state index >= 15 is 0 Å². The molecule has 0 aliphatic carbocycles. The average Bonchev–Trinajstić information content (AvgIpc) is 3.25. The van der Waals surface area contributed by atoms with Gasteiger partial charge in [0.2, 0.25) is 11.8 Å². The third-order valence-corrected chi connectivity index (χ3v) is 5.99. The number of imide groups is 1. The number of nitrogens with one attached hydrogen (secondary N) is 2. The molecule has 4 rings (SSSR count). The van der Waals surface area contributed by atoms with Crippen molar-refractivity contribution in [3.05, 3.63) is 40.9 Å². The van der Waals surface area contributed by atoms with Gasteiger partial charge in [0.05, 0.1) is 30.2 Å². The minimum atomic E-state index is -1.03. The smallest absolute Gasteiger partial charge is 0.315 e. The van der Waals surface area contributed by atoms with Crippen LogP contribution in [0, 0.1) is 18.8 Å². The molecule has 1 aromatic rings. The van der Waals surface area contributed by atoms with Gasteiger partial charge in [-0.2, -0.15) is 0 Å². The summed E-state index contributed by atoms with van der Waals surface area (Å²) < 4.78 is 6.03. The van der Waals surface area contributed by atoms with Crippen molar-refractivity contribution in [2.75, 3.05) is 11.4 Å². The summed E-state index contributed by atoms with van der Waals surface area (Å²) in [5, 5.41) is 6.10. The summed E-state index contributed by atoms with van der Waals surface area (Å²) in [6, 6.07) is 4.78. The number of benzene rings is 1. The highest BCUT2D eigenvalue weighted by molar-refractivity contribution is 6.32. The molecule has 0 spiro atoms. The third-order valence-electron chi connectivity index (χ3n) is 5.58. The lowest BCUT2D eigenvalue weighted by molar-refractivity contribution is -0.126. The Morgan fingerprint density at radius 1 is 1.28 bits per heavy atom. The van der Waals surface area contributed by atoms with E-state index in [1.807, 2.05) is 27.7 Å². The van der Waals surface area contributed by atoms with Crippen LogP contribution in [0.2, 0.25) is 5.02 Å². The number of aryl methyl sites for hydroxylation is 1. The Balaban J connectivity index is 1.58. The number of carbonyl (C=O) groups excluding carboxylic acids is 3. The maximum atomic E-state index is 13.3. The van der Waals surface area contributed by atoms with Crippen molar-refractivity contribution in [2.24, 2.45) is 11.8 Å². The molecule has 8 heteroatoms. The van der Waals surface area contributed by atoms with Crippen LogP contribution < -0.4 is 15.5 Å². The number of rotatable bonds is 3. The second kappa shape index (κ2) is 6.57. The summed E-state index contributed by atoms with van der Waals surface area (Å²) in [5.74, 6) is -1.90. The van der Waals surface area contributed by atoms with Gasteiger partial charge < -0.3 is 15.4 Å². The van der Waals surface area contributed by atoms with Gasteiger partial charge in [-0.1, -0.05) is 29.8 Å². The Morgan fingerprint density at radius 3 is 2.66 bits per heavy atom. The molecule has 4 atom stereocenters. The van der Waals surface area contributed by atoms with Crippen molar-refractivity contribution in [1.29, 1.82) is 0 Å². The number of nitrogens with zero attached hydrogens (tertiary/aromatic N) is 1. The molecule has 4 amide bonds. The number of carbonyl (C=O) groups is 3. The van der Waals surface area contributed by atoms with Crippen LogP contribution in [0.15, 0.2) is 30.4 Å². The molecule has 0 unspecified atom stereocenters. The fourth-order valence-corrected chi connectivity index (χ4v) is 4.46. The predicted molar refractivity (Wildman–Crippen MR) is 109 cm³/mol. The van der Waals surface area contributed by atoms with Crippen LogP contribution in [0.1, 0.15) is 26.3 Å². The summed E-state index contributed by atoms with van der Waals surface area (Å²) in [6.07, 6.45) is 3.13. The summed E-state index contributed by atoms with van der Waals surface area (Å²) in [4.78, 5) is 39.8. The molecule has 3 heterocycles. The molecule has 3 aliphatic rings. The molecular formula is C21H24ClN3O4. The Morgan fingerprint density at radius 2 is 2.00 bits per heavy atom. The number of hydrogen-bond acceptors (Lipinski definition) is 4. The van der Waals surface area contributed by atoms with Gasteiger partial charge in [-0.05, 0) is 45.4 Å². The Hall–Kier alpha value is -2.38. The van der Waals surface area contributed by atoms with Crippen LogP contribution in [0.4, 0.5) is 10.5 Å². The normalized spacial score (nSPS) is 30.1. The Bertz CT molecular complexity index is 938. The van der Waals surface area contributed by atoms with Gasteiger partial charge in [-0.25, -0.2) is 9.69 Å². The molecule has 0 aromatic heterocycles. The van der Waals surface area contributed by atoms with Gasteiger partial charge in [0.15, 0.2) is 0 Å². The highest BCUT2D eigenvalue weighted by Crippen LogP contribution is 2.52. The maximum absolute atomic E-state index is 13.3.